The van der Waals surface area contributed by atoms with Gasteiger partial charge in [-0.1, -0.05) is 0 Å². The molecule has 0 saturated carbocycles. The molecule has 1 aliphatic rings. The molecule has 1 aliphatic heterocycles. The average molecular weight is 218 g/mol. The van der Waals surface area contributed by atoms with Gasteiger partial charge in [-0.3, -0.25) is 9.00 Å². The first kappa shape index (κ1) is 11.7. The zero-order valence-corrected chi connectivity index (χ0v) is 9.82. The highest BCUT2D eigenvalue weighted by molar-refractivity contribution is 7.85. The number of carbonyl (C=O) groups is 1. The van der Waals surface area contributed by atoms with E-state index in [0.29, 0.717) is 24.6 Å². The molecular weight excluding hydrogens is 200 g/mol. The summed E-state index contributed by atoms with van der Waals surface area (Å²) >= 11 is 0. The van der Waals surface area contributed by atoms with Crippen LogP contribution < -0.4 is 5.32 Å². The summed E-state index contributed by atoms with van der Waals surface area (Å²) in [5, 5.41) is 2.98. The lowest BCUT2D eigenvalue weighted by Gasteiger charge is -2.33. The maximum absolute atomic E-state index is 11.9. The number of carbonyl (C=O) groups excluding carboxylic acids is 1. The Bertz CT molecular complexity index is 243. The van der Waals surface area contributed by atoms with Gasteiger partial charge in [0, 0.05) is 35.4 Å². The van der Waals surface area contributed by atoms with Gasteiger partial charge in [0.15, 0.2) is 0 Å². The van der Waals surface area contributed by atoms with E-state index >= 15 is 0 Å². The maximum atomic E-state index is 11.9. The first-order valence-electron chi connectivity index (χ1n) is 4.80. The summed E-state index contributed by atoms with van der Waals surface area (Å²) in [6.45, 7) is 4.97. The summed E-state index contributed by atoms with van der Waals surface area (Å²) in [6.07, 6.45) is 0. The first-order valence-corrected chi connectivity index (χ1v) is 6.29. The lowest BCUT2D eigenvalue weighted by molar-refractivity contribution is -0.136. The van der Waals surface area contributed by atoms with Crippen molar-refractivity contribution in [3.05, 3.63) is 0 Å². The molecule has 0 atom stereocenters. The van der Waals surface area contributed by atoms with E-state index < -0.39 is 16.3 Å². The Morgan fingerprint density at radius 3 is 2.29 bits per heavy atom. The molecule has 1 rings (SSSR count). The molecule has 0 aromatic carbocycles. The van der Waals surface area contributed by atoms with Gasteiger partial charge in [0.25, 0.3) is 0 Å². The molecule has 14 heavy (non-hydrogen) atoms. The summed E-state index contributed by atoms with van der Waals surface area (Å²) in [7, 11) is 1.06. The predicted molar refractivity (Wildman–Crippen MR) is 57.6 cm³/mol. The van der Waals surface area contributed by atoms with E-state index in [9.17, 15) is 9.00 Å². The summed E-state index contributed by atoms with van der Waals surface area (Å²) in [4.78, 5) is 13.7. The molecule has 1 N–H and O–H groups in total. The molecule has 0 bridgehead atoms. The van der Waals surface area contributed by atoms with Crippen molar-refractivity contribution in [2.45, 2.75) is 19.4 Å². The largest absolute Gasteiger partial charge is 0.339 e. The summed E-state index contributed by atoms with van der Waals surface area (Å²) in [5.74, 6) is 1.33. The van der Waals surface area contributed by atoms with Crippen LogP contribution in [0.25, 0.3) is 0 Å². The topological polar surface area (TPSA) is 49.4 Å². The maximum Gasteiger partial charge on any atom is 0.242 e. The van der Waals surface area contributed by atoms with Crippen molar-refractivity contribution in [2.24, 2.45) is 0 Å². The molecule has 0 aromatic heterocycles. The van der Waals surface area contributed by atoms with Crippen LogP contribution in [0.15, 0.2) is 0 Å². The van der Waals surface area contributed by atoms with Crippen LogP contribution in [0.2, 0.25) is 0 Å². The van der Waals surface area contributed by atoms with E-state index in [-0.39, 0.29) is 5.91 Å². The van der Waals surface area contributed by atoms with Gasteiger partial charge in [-0.05, 0) is 20.9 Å². The second-order valence-corrected chi connectivity index (χ2v) is 5.71. The van der Waals surface area contributed by atoms with E-state index in [4.69, 9.17) is 0 Å². The standard InChI is InChI=1S/C9H18N2O2S/c1-9(2,10-3)8(12)11-4-6-14(13)7-5-11/h10H,4-7H2,1-3H3. The van der Waals surface area contributed by atoms with E-state index in [1.54, 1.807) is 11.9 Å². The van der Waals surface area contributed by atoms with Crippen molar-refractivity contribution in [3.8, 4) is 0 Å². The van der Waals surface area contributed by atoms with Crippen molar-refractivity contribution in [1.29, 1.82) is 0 Å². The second-order valence-electron chi connectivity index (χ2n) is 4.02. The zero-order chi connectivity index (χ0) is 10.8. The van der Waals surface area contributed by atoms with Gasteiger partial charge in [-0.2, -0.15) is 0 Å². The summed E-state index contributed by atoms with van der Waals surface area (Å²) in [5.41, 5.74) is -0.515. The van der Waals surface area contributed by atoms with Crippen LogP contribution in [0.5, 0.6) is 0 Å². The van der Waals surface area contributed by atoms with Gasteiger partial charge in [0.2, 0.25) is 5.91 Å². The Morgan fingerprint density at radius 2 is 1.86 bits per heavy atom. The first-order chi connectivity index (χ1) is 6.47. The second kappa shape index (κ2) is 4.40. The fraction of sp³-hybridized carbons (Fsp3) is 0.889. The van der Waals surface area contributed by atoms with Gasteiger partial charge in [0.05, 0.1) is 5.54 Å². The molecule has 1 saturated heterocycles. The smallest absolute Gasteiger partial charge is 0.242 e. The summed E-state index contributed by atoms with van der Waals surface area (Å²) < 4.78 is 11.1. The highest BCUT2D eigenvalue weighted by Gasteiger charge is 2.31. The molecule has 1 heterocycles. The number of amides is 1. The third kappa shape index (κ3) is 2.54. The Hall–Kier alpha value is -0.420. The fourth-order valence-electron chi connectivity index (χ4n) is 1.34. The molecule has 0 aromatic rings. The van der Waals surface area contributed by atoms with Crippen molar-refractivity contribution in [2.75, 3.05) is 31.6 Å². The van der Waals surface area contributed by atoms with E-state index in [1.165, 1.54) is 0 Å². The van der Waals surface area contributed by atoms with E-state index in [2.05, 4.69) is 5.32 Å². The van der Waals surface area contributed by atoms with Gasteiger partial charge in [0.1, 0.15) is 0 Å². The molecule has 4 nitrogen and oxygen atoms in total. The molecule has 0 aliphatic carbocycles. The number of nitrogens with one attached hydrogen (secondary N) is 1. The number of rotatable bonds is 2. The monoisotopic (exact) mass is 218 g/mol. The minimum Gasteiger partial charge on any atom is -0.339 e. The van der Waals surface area contributed by atoms with Gasteiger partial charge in [-0.25, -0.2) is 0 Å². The highest BCUT2D eigenvalue weighted by atomic mass is 32.2. The zero-order valence-electron chi connectivity index (χ0n) is 9.00. The molecule has 1 fully saturated rings. The molecule has 0 spiro atoms. The molecule has 82 valence electrons. The summed E-state index contributed by atoms with van der Waals surface area (Å²) in [6, 6.07) is 0. The lowest BCUT2D eigenvalue weighted by atomic mass is 10.0. The number of hydrogen-bond acceptors (Lipinski definition) is 3. The quantitative estimate of drug-likeness (QED) is 0.684. The molecule has 0 radical (unpaired) electrons. The van der Waals surface area contributed by atoms with Crippen LogP contribution in [-0.2, 0) is 15.6 Å². The van der Waals surface area contributed by atoms with Crippen LogP contribution in [0, 0.1) is 0 Å². The van der Waals surface area contributed by atoms with Crippen molar-refractivity contribution >= 4 is 16.7 Å². The Morgan fingerprint density at radius 1 is 1.36 bits per heavy atom. The average Bonchev–Trinajstić information content (AvgIpc) is 2.18. The van der Waals surface area contributed by atoms with Crippen LogP contribution in [0.1, 0.15) is 13.8 Å². The van der Waals surface area contributed by atoms with Crippen molar-refractivity contribution in [1.82, 2.24) is 10.2 Å². The molecule has 5 heteroatoms. The number of hydrogen-bond donors (Lipinski definition) is 1. The fourth-order valence-corrected chi connectivity index (χ4v) is 2.40. The third-order valence-electron chi connectivity index (χ3n) is 2.62. The minimum atomic E-state index is -0.720. The Kier molecular flexibility index (Phi) is 3.66. The van der Waals surface area contributed by atoms with Crippen LogP contribution in [-0.4, -0.2) is 52.2 Å². The normalized spacial score (nSPS) is 19.8. The van der Waals surface area contributed by atoms with Crippen LogP contribution in [0.3, 0.4) is 0 Å². The SMILES string of the molecule is CNC(C)(C)C(=O)N1CCS(=O)CC1. The van der Waals surface area contributed by atoms with Crippen molar-refractivity contribution < 1.29 is 9.00 Å². The van der Waals surface area contributed by atoms with Crippen LogP contribution in [0.4, 0.5) is 0 Å². The van der Waals surface area contributed by atoms with Gasteiger partial charge < -0.3 is 10.2 Å². The van der Waals surface area contributed by atoms with Gasteiger partial charge in [-0.15, -0.1) is 0 Å². The molecule has 1 amide bonds. The minimum absolute atomic E-state index is 0.0942. The third-order valence-corrected chi connectivity index (χ3v) is 3.90. The number of likely N-dealkylation sites (N-methyl/N-ethyl adjacent to an activating group) is 1. The van der Waals surface area contributed by atoms with E-state index in [0.717, 1.165) is 0 Å². The Labute approximate surface area is 87.5 Å². The van der Waals surface area contributed by atoms with E-state index in [1.807, 2.05) is 13.8 Å². The van der Waals surface area contributed by atoms with Crippen molar-refractivity contribution in [3.63, 3.8) is 0 Å². The van der Waals surface area contributed by atoms with Crippen LogP contribution >= 0.6 is 0 Å². The van der Waals surface area contributed by atoms with Gasteiger partial charge >= 0.3 is 0 Å². The highest BCUT2D eigenvalue weighted by Crippen LogP contribution is 2.10. The number of nitrogens with zero attached hydrogens (tertiary/aromatic N) is 1. The lowest BCUT2D eigenvalue weighted by Crippen LogP contribution is -2.55. The Balaban J connectivity index is 2.58. The molecular formula is C9H18N2O2S. The predicted octanol–water partition coefficient (Wildman–Crippen LogP) is -0.425. The molecule has 0 unspecified atom stereocenters.